The van der Waals surface area contributed by atoms with Crippen molar-refractivity contribution in [3.8, 4) is 0 Å². The first kappa shape index (κ1) is 18.2. The van der Waals surface area contributed by atoms with E-state index < -0.39 is 11.9 Å². The lowest BCUT2D eigenvalue weighted by molar-refractivity contribution is -0.146. The van der Waals surface area contributed by atoms with Crippen molar-refractivity contribution in [2.75, 3.05) is 11.9 Å². The minimum atomic E-state index is -0.479. The SMILES string of the molecule is Cc1ccc2c(CC(=O)OCC(=O)Nc3ccccc3Br)coc2c1C. The fourth-order valence-electron chi connectivity index (χ4n) is 2.63. The highest BCUT2D eigenvalue weighted by Crippen LogP contribution is 2.27. The molecule has 0 fully saturated rings. The number of hydrogen-bond donors (Lipinski definition) is 1. The van der Waals surface area contributed by atoms with Crippen molar-refractivity contribution in [1.29, 1.82) is 0 Å². The number of amides is 1. The smallest absolute Gasteiger partial charge is 0.310 e. The molecule has 0 unspecified atom stereocenters. The number of carbonyl (C=O) groups excluding carboxylic acids is 2. The number of nitrogens with one attached hydrogen (secondary N) is 1. The molecule has 0 saturated carbocycles. The fourth-order valence-corrected chi connectivity index (χ4v) is 3.01. The van der Waals surface area contributed by atoms with Crippen LogP contribution in [0.15, 0.2) is 51.6 Å². The molecule has 0 bridgehead atoms. The van der Waals surface area contributed by atoms with Gasteiger partial charge in [0.2, 0.25) is 0 Å². The van der Waals surface area contributed by atoms with Crippen LogP contribution in [0.4, 0.5) is 5.69 Å². The molecule has 1 amide bonds. The number of esters is 1. The first-order valence-corrected chi connectivity index (χ1v) is 8.91. The third-order valence-corrected chi connectivity index (χ3v) is 4.88. The van der Waals surface area contributed by atoms with Crippen LogP contribution >= 0.6 is 15.9 Å². The molecule has 0 aliphatic heterocycles. The highest BCUT2D eigenvalue weighted by atomic mass is 79.9. The van der Waals surface area contributed by atoms with Crippen LogP contribution in [0.3, 0.4) is 0 Å². The number of carbonyl (C=O) groups is 2. The minimum Gasteiger partial charge on any atom is -0.464 e. The average molecular weight is 416 g/mol. The largest absolute Gasteiger partial charge is 0.464 e. The second kappa shape index (κ2) is 7.74. The summed E-state index contributed by atoms with van der Waals surface area (Å²) in [6.45, 7) is 3.65. The van der Waals surface area contributed by atoms with Crippen LogP contribution in [0, 0.1) is 13.8 Å². The number of aryl methyl sites for hydroxylation is 2. The molecule has 0 aliphatic carbocycles. The summed E-state index contributed by atoms with van der Waals surface area (Å²) >= 11 is 3.35. The predicted octanol–water partition coefficient (Wildman–Crippen LogP) is 4.54. The van der Waals surface area contributed by atoms with Gasteiger partial charge in [0.1, 0.15) is 5.58 Å². The minimum absolute atomic E-state index is 0.0534. The van der Waals surface area contributed by atoms with E-state index in [9.17, 15) is 9.59 Å². The van der Waals surface area contributed by atoms with E-state index >= 15 is 0 Å². The zero-order chi connectivity index (χ0) is 18.7. The fraction of sp³-hybridized carbons (Fsp3) is 0.200. The molecule has 134 valence electrons. The highest BCUT2D eigenvalue weighted by molar-refractivity contribution is 9.10. The van der Waals surface area contributed by atoms with Crippen molar-refractivity contribution in [2.24, 2.45) is 0 Å². The molecule has 1 N–H and O–H groups in total. The maximum Gasteiger partial charge on any atom is 0.310 e. The topological polar surface area (TPSA) is 68.5 Å². The molecular weight excluding hydrogens is 398 g/mol. The van der Waals surface area contributed by atoms with Crippen LogP contribution in [0.5, 0.6) is 0 Å². The first-order valence-electron chi connectivity index (χ1n) is 8.12. The van der Waals surface area contributed by atoms with Crippen LogP contribution in [0.2, 0.25) is 0 Å². The van der Waals surface area contributed by atoms with Gasteiger partial charge in [-0.1, -0.05) is 24.3 Å². The Morgan fingerprint density at radius 3 is 2.69 bits per heavy atom. The standard InChI is InChI=1S/C20H18BrNO4/c1-12-7-8-15-14(10-26-20(15)13(12)2)9-19(24)25-11-18(23)22-17-6-4-3-5-16(17)21/h3-8,10H,9,11H2,1-2H3,(H,22,23). The van der Waals surface area contributed by atoms with E-state index in [4.69, 9.17) is 9.15 Å². The first-order chi connectivity index (χ1) is 12.5. The molecule has 2 aromatic carbocycles. The van der Waals surface area contributed by atoms with Gasteiger partial charge in [-0.05, 0) is 53.0 Å². The van der Waals surface area contributed by atoms with Crippen LogP contribution in [0.25, 0.3) is 11.0 Å². The van der Waals surface area contributed by atoms with Crippen molar-refractivity contribution in [2.45, 2.75) is 20.3 Å². The van der Waals surface area contributed by atoms with E-state index in [2.05, 4.69) is 21.2 Å². The third-order valence-electron chi connectivity index (χ3n) is 4.19. The number of ether oxygens (including phenoxy) is 1. The number of para-hydroxylation sites is 1. The molecule has 5 nitrogen and oxygen atoms in total. The van der Waals surface area contributed by atoms with E-state index in [1.54, 1.807) is 18.4 Å². The quantitative estimate of drug-likeness (QED) is 0.621. The molecule has 1 heterocycles. The second-order valence-corrected chi connectivity index (χ2v) is 6.86. The Labute approximate surface area is 159 Å². The van der Waals surface area contributed by atoms with Crippen molar-refractivity contribution in [3.63, 3.8) is 0 Å². The molecule has 26 heavy (non-hydrogen) atoms. The van der Waals surface area contributed by atoms with Gasteiger partial charge in [0.05, 0.1) is 18.4 Å². The number of halogens is 1. The second-order valence-electron chi connectivity index (χ2n) is 6.01. The lowest BCUT2D eigenvalue weighted by Gasteiger charge is -2.08. The Bertz CT molecular complexity index is 977. The van der Waals surface area contributed by atoms with E-state index in [0.29, 0.717) is 5.69 Å². The summed E-state index contributed by atoms with van der Waals surface area (Å²) in [7, 11) is 0. The van der Waals surface area contributed by atoms with Crippen LogP contribution < -0.4 is 5.32 Å². The molecule has 6 heteroatoms. The molecule has 0 aliphatic rings. The monoisotopic (exact) mass is 415 g/mol. The number of benzene rings is 2. The molecule has 0 atom stereocenters. The zero-order valence-corrected chi connectivity index (χ0v) is 16.1. The molecular formula is C20H18BrNO4. The van der Waals surface area contributed by atoms with E-state index in [0.717, 1.165) is 32.1 Å². The van der Waals surface area contributed by atoms with Gasteiger partial charge in [0.15, 0.2) is 6.61 Å². The van der Waals surface area contributed by atoms with Gasteiger partial charge in [-0.25, -0.2) is 0 Å². The number of fused-ring (bicyclic) bond motifs is 1. The Balaban J connectivity index is 1.59. The third kappa shape index (κ3) is 3.96. The predicted molar refractivity (Wildman–Crippen MR) is 103 cm³/mol. The summed E-state index contributed by atoms with van der Waals surface area (Å²) in [4.78, 5) is 24.0. The zero-order valence-electron chi connectivity index (χ0n) is 14.5. The van der Waals surface area contributed by atoms with Crippen molar-refractivity contribution in [1.82, 2.24) is 0 Å². The Kier molecular flexibility index (Phi) is 5.42. The summed E-state index contributed by atoms with van der Waals surface area (Å²) < 4.78 is 11.4. The summed E-state index contributed by atoms with van der Waals surface area (Å²) in [5.74, 6) is -0.873. The molecule has 0 saturated heterocycles. The van der Waals surface area contributed by atoms with Gasteiger partial charge < -0.3 is 14.5 Å². The van der Waals surface area contributed by atoms with Gasteiger partial charge in [0.25, 0.3) is 5.91 Å². The average Bonchev–Trinajstić information content (AvgIpc) is 3.02. The molecule has 0 spiro atoms. The maximum absolute atomic E-state index is 12.1. The van der Waals surface area contributed by atoms with Crippen molar-refractivity contribution < 1.29 is 18.7 Å². The maximum atomic E-state index is 12.1. The highest BCUT2D eigenvalue weighted by Gasteiger charge is 2.15. The summed E-state index contributed by atoms with van der Waals surface area (Å²) in [6, 6.07) is 11.1. The van der Waals surface area contributed by atoms with E-state index in [1.807, 2.05) is 38.1 Å². The number of hydrogen-bond acceptors (Lipinski definition) is 4. The Morgan fingerprint density at radius 1 is 1.15 bits per heavy atom. The Hall–Kier alpha value is -2.60. The van der Waals surface area contributed by atoms with Gasteiger partial charge in [-0.3, -0.25) is 9.59 Å². The van der Waals surface area contributed by atoms with Crippen LogP contribution in [0.1, 0.15) is 16.7 Å². The van der Waals surface area contributed by atoms with Gasteiger partial charge in [-0.2, -0.15) is 0 Å². The summed E-state index contributed by atoms with van der Waals surface area (Å²) in [5, 5.41) is 3.58. The summed E-state index contributed by atoms with van der Waals surface area (Å²) in [6.07, 6.45) is 1.62. The van der Waals surface area contributed by atoms with Gasteiger partial charge in [-0.15, -0.1) is 0 Å². The van der Waals surface area contributed by atoms with Crippen LogP contribution in [-0.4, -0.2) is 18.5 Å². The van der Waals surface area contributed by atoms with Gasteiger partial charge >= 0.3 is 5.97 Å². The van der Waals surface area contributed by atoms with E-state index in [-0.39, 0.29) is 13.0 Å². The molecule has 3 aromatic rings. The van der Waals surface area contributed by atoms with E-state index in [1.165, 1.54) is 0 Å². The molecule has 3 rings (SSSR count). The number of furan rings is 1. The number of rotatable bonds is 5. The number of anilines is 1. The lowest BCUT2D eigenvalue weighted by Crippen LogP contribution is -2.21. The lowest BCUT2D eigenvalue weighted by atomic mass is 10.0. The molecule has 0 radical (unpaired) electrons. The van der Waals surface area contributed by atoms with Crippen molar-refractivity contribution in [3.05, 3.63) is 63.8 Å². The Morgan fingerprint density at radius 2 is 1.92 bits per heavy atom. The summed E-state index contributed by atoms with van der Waals surface area (Å²) in [5.41, 5.74) is 4.33. The van der Waals surface area contributed by atoms with Crippen LogP contribution in [-0.2, 0) is 20.7 Å². The normalized spacial score (nSPS) is 10.7. The molecule has 1 aromatic heterocycles. The van der Waals surface area contributed by atoms with Gasteiger partial charge in [0, 0.05) is 15.4 Å². The van der Waals surface area contributed by atoms with Crippen molar-refractivity contribution >= 4 is 44.5 Å².